The SMILES string of the molecule is CC(C)Oc1ccc(NC(=O)CCc2ccccc2F)cc1. The Morgan fingerprint density at radius 2 is 1.82 bits per heavy atom. The lowest BCUT2D eigenvalue weighted by Gasteiger charge is -2.10. The fourth-order valence-corrected chi connectivity index (χ4v) is 2.06. The van der Waals surface area contributed by atoms with Crippen molar-refractivity contribution in [3.8, 4) is 5.75 Å². The molecule has 0 aliphatic carbocycles. The minimum Gasteiger partial charge on any atom is -0.491 e. The predicted octanol–water partition coefficient (Wildman–Crippen LogP) is 4.18. The first-order valence-corrected chi connectivity index (χ1v) is 7.34. The van der Waals surface area contributed by atoms with Crippen molar-refractivity contribution in [1.29, 1.82) is 0 Å². The van der Waals surface area contributed by atoms with Gasteiger partial charge in [-0.15, -0.1) is 0 Å². The standard InChI is InChI=1S/C18H20FNO2/c1-13(2)22-16-10-8-15(9-11-16)20-18(21)12-7-14-5-3-4-6-17(14)19/h3-6,8-11,13H,7,12H2,1-2H3,(H,20,21). The Labute approximate surface area is 130 Å². The van der Waals surface area contributed by atoms with E-state index in [-0.39, 0.29) is 24.2 Å². The summed E-state index contributed by atoms with van der Waals surface area (Å²) in [4.78, 5) is 11.9. The summed E-state index contributed by atoms with van der Waals surface area (Å²) in [6, 6.07) is 13.7. The molecule has 0 saturated heterocycles. The van der Waals surface area contributed by atoms with Crippen LogP contribution in [0.2, 0.25) is 0 Å². The van der Waals surface area contributed by atoms with Gasteiger partial charge in [0.05, 0.1) is 6.10 Å². The zero-order valence-electron chi connectivity index (χ0n) is 12.8. The minimum absolute atomic E-state index is 0.112. The quantitative estimate of drug-likeness (QED) is 0.869. The molecule has 2 rings (SSSR count). The highest BCUT2D eigenvalue weighted by molar-refractivity contribution is 5.90. The Morgan fingerprint density at radius 3 is 2.45 bits per heavy atom. The molecule has 0 saturated carbocycles. The third-order valence-corrected chi connectivity index (χ3v) is 3.09. The summed E-state index contributed by atoms with van der Waals surface area (Å²) < 4.78 is 19.0. The number of amides is 1. The van der Waals surface area contributed by atoms with Gasteiger partial charge in [-0.25, -0.2) is 4.39 Å². The molecule has 0 aliphatic heterocycles. The number of carbonyl (C=O) groups excluding carboxylic acids is 1. The fraction of sp³-hybridized carbons (Fsp3) is 0.278. The highest BCUT2D eigenvalue weighted by Gasteiger charge is 2.06. The highest BCUT2D eigenvalue weighted by Crippen LogP contribution is 2.17. The Kier molecular flexibility index (Phi) is 5.53. The van der Waals surface area contributed by atoms with E-state index in [9.17, 15) is 9.18 Å². The van der Waals surface area contributed by atoms with Gasteiger partial charge in [0.1, 0.15) is 11.6 Å². The molecule has 0 unspecified atom stereocenters. The Balaban J connectivity index is 1.85. The van der Waals surface area contributed by atoms with E-state index in [4.69, 9.17) is 4.74 Å². The monoisotopic (exact) mass is 301 g/mol. The summed E-state index contributed by atoms with van der Waals surface area (Å²) in [6.07, 6.45) is 0.735. The van der Waals surface area contributed by atoms with Crippen LogP contribution in [0.1, 0.15) is 25.8 Å². The van der Waals surface area contributed by atoms with E-state index in [0.29, 0.717) is 17.7 Å². The second kappa shape index (κ2) is 7.59. The number of nitrogens with one attached hydrogen (secondary N) is 1. The molecule has 3 nitrogen and oxygen atoms in total. The Hall–Kier alpha value is -2.36. The molecule has 1 N–H and O–H groups in total. The number of anilines is 1. The van der Waals surface area contributed by atoms with E-state index in [2.05, 4.69) is 5.32 Å². The molecule has 0 atom stereocenters. The first-order valence-electron chi connectivity index (χ1n) is 7.34. The second-order valence-electron chi connectivity index (χ2n) is 5.33. The first-order chi connectivity index (χ1) is 10.5. The summed E-state index contributed by atoms with van der Waals surface area (Å²) >= 11 is 0. The maximum atomic E-state index is 13.5. The van der Waals surface area contributed by atoms with Crippen LogP contribution in [0.4, 0.5) is 10.1 Å². The number of hydrogen-bond donors (Lipinski definition) is 1. The molecule has 22 heavy (non-hydrogen) atoms. The lowest BCUT2D eigenvalue weighted by atomic mass is 10.1. The third kappa shape index (κ3) is 4.88. The normalized spacial score (nSPS) is 10.5. The van der Waals surface area contributed by atoms with Crippen LogP contribution in [0.15, 0.2) is 48.5 Å². The number of carbonyl (C=O) groups is 1. The van der Waals surface area contributed by atoms with Gasteiger partial charge in [-0.1, -0.05) is 18.2 Å². The third-order valence-electron chi connectivity index (χ3n) is 3.09. The molecule has 0 spiro atoms. The topological polar surface area (TPSA) is 38.3 Å². The van der Waals surface area contributed by atoms with Crippen molar-refractivity contribution in [3.05, 3.63) is 59.9 Å². The Bertz CT molecular complexity index is 623. The maximum absolute atomic E-state index is 13.5. The van der Waals surface area contributed by atoms with Gasteiger partial charge in [-0.2, -0.15) is 0 Å². The minimum atomic E-state index is -0.273. The second-order valence-corrected chi connectivity index (χ2v) is 5.33. The van der Waals surface area contributed by atoms with Gasteiger partial charge in [-0.3, -0.25) is 4.79 Å². The molecule has 0 aliphatic rings. The lowest BCUT2D eigenvalue weighted by molar-refractivity contribution is -0.116. The van der Waals surface area contributed by atoms with Crippen LogP contribution in [-0.4, -0.2) is 12.0 Å². The van der Waals surface area contributed by atoms with E-state index >= 15 is 0 Å². The molecule has 2 aromatic carbocycles. The van der Waals surface area contributed by atoms with Gasteiger partial charge in [0.25, 0.3) is 0 Å². The van der Waals surface area contributed by atoms with E-state index < -0.39 is 0 Å². The molecule has 2 aromatic rings. The van der Waals surface area contributed by atoms with Crippen LogP contribution in [-0.2, 0) is 11.2 Å². The molecule has 0 heterocycles. The van der Waals surface area contributed by atoms with Crippen molar-refractivity contribution in [2.45, 2.75) is 32.8 Å². The van der Waals surface area contributed by atoms with Crippen molar-refractivity contribution in [2.24, 2.45) is 0 Å². The summed E-state index contributed by atoms with van der Waals surface area (Å²) in [6.45, 7) is 3.91. The largest absolute Gasteiger partial charge is 0.491 e. The van der Waals surface area contributed by atoms with E-state index in [1.54, 1.807) is 30.3 Å². The maximum Gasteiger partial charge on any atom is 0.224 e. The first kappa shape index (κ1) is 16.0. The predicted molar refractivity (Wildman–Crippen MR) is 85.6 cm³/mol. The van der Waals surface area contributed by atoms with Crippen molar-refractivity contribution in [3.63, 3.8) is 0 Å². The molecule has 0 bridgehead atoms. The Morgan fingerprint density at radius 1 is 1.14 bits per heavy atom. The zero-order valence-corrected chi connectivity index (χ0v) is 12.8. The van der Waals surface area contributed by atoms with Gasteiger partial charge in [0.2, 0.25) is 5.91 Å². The van der Waals surface area contributed by atoms with Crippen LogP contribution >= 0.6 is 0 Å². The molecule has 0 radical (unpaired) electrons. The molecule has 116 valence electrons. The molecular weight excluding hydrogens is 281 g/mol. The summed E-state index contributed by atoms with van der Waals surface area (Å²) in [5, 5.41) is 2.80. The average molecular weight is 301 g/mol. The van der Waals surface area contributed by atoms with Crippen molar-refractivity contribution >= 4 is 11.6 Å². The van der Waals surface area contributed by atoms with Gasteiger partial charge in [-0.05, 0) is 56.2 Å². The van der Waals surface area contributed by atoms with E-state index in [1.807, 2.05) is 26.0 Å². The molecule has 1 amide bonds. The van der Waals surface area contributed by atoms with E-state index in [0.717, 1.165) is 5.75 Å². The summed E-state index contributed by atoms with van der Waals surface area (Å²) in [7, 11) is 0. The van der Waals surface area contributed by atoms with Gasteiger partial charge in [0, 0.05) is 12.1 Å². The van der Waals surface area contributed by atoms with Crippen LogP contribution in [0.5, 0.6) is 5.75 Å². The van der Waals surface area contributed by atoms with Gasteiger partial charge in [0.15, 0.2) is 0 Å². The fourth-order valence-electron chi connectivity index (χ4n) is 2.06. The van der Waals surface area contributed by atoms with Crippen LogP contribution < -0.4 is 10.1 Å². The summed E-state index contributed by atoms with van der Waals surface area (Å²) in [5.41, 5.74) is 1.26. The van der Waals surface area contributed by atoms with Crippen molar-refractivity contribution in [2.75, 3.05) is 5.32 Å². The average Bonchev–Trinajstić information content (AvgIpc) is 2.48. The number of aryl methyl sites for hydroxylation is 1. The van der Waals surface area contributed by atoms with Crippen LogP contribution in [0.25, 0.3) is 0 Å². The molecule has 0 fully saturated rings. The number of halogens is 1. The van der Waals surface area contributed by atoms with Gasteiger partial charge >= 0.3 is 0 Å². The van der Waals surface area contributed by atoms with Crippen molar-refractivity contribution in [1.82, 2.24) is 0 Å². The smallest absolute Gasteiger partial charge is 0.224 e. The van der Waals surface area contributed by atoms with Gasteiger partial charge < -0.3 is 10.1 Å². The number of ether oxygens (including phenoxy) is 1. The van der Waals surface area contributed by atoms with Crippen LogP contribution in [0.3, 0.4) is 0 Å². The van der Waals surface area contributed by atoms with Crippen LogP contribution in [0, 0.1) is 5.82 Å². The number of hydrogen-bond acceptors (Lipinski definition) is 2. The zero-order chi connectivity index (χ0) is 15.9. The molecule has 0 aromatic heterocycles. The highest BCUT2D eigenvalue weighted by atomic mass is 19.1. The van der Waals surface area contributed by atoms with Crippen molar-refractivity contribution < 1.29 is 13.9 Å². The summed E-state index contributed by atoms with van der Waals surface area (Å²) in [5.74, 6) is 0.352. The number of benzene rings is 2. The molecule has 4 heteroatoms. The van der Waals surface area contributed by atoms with E-state index in [1.165, 1.54) is 6.07 Å². The molecular formula is C18H20FNO2. The lowest BCUT2D eigenvalue weighted by Crippen LogP contribution is -2.12. The number of rotatable bonds is 6.